The lowest BCUT2D eigenvalue weighted by atomic mass is 10.2. The number of nitro groups is 1. The first-order chi connectivity index (χ1) is 11.4. The molecule has 1 aliphatic heterocycles. The second-order valence-corrected chi connectivity index (χ2v) is 5.21. The standard InChI is InChI=1S/C15H18N2O7/c1-9(24-15(19)13-4-3-7-23-13)14(18)16-11-6-5-10(22-2)8-12(11)17(20)21/h5-6,8-9,13H,3-4,7H2,1-2H3,(H,16,18)/t9-,13-/m1/s1. The highest BCUT2D eigenvalue weighted by Crippen LogP contribution is 2.29. The Morgan fingerprint density at radius 1 is 1.46 bits per heavy atom. The van der Waals surface area contributed by atoms with Gasteiger partial charge in [0, 0.05) is 6.61 Å². The third kappa shape index (κ3) is 4.19. The van der Waals surface area contributed by atoms with E-state index in [9.17, 15) is 19.7 Å². The third-order valence-electron chi connectivity index (χ3n) is 3.51. The van der Waals surface area contributed by atoms with Gasteiger partial charge in [0.25, 0.3) is 11.6 Å². The molecule has 0 aromatic heterocycles. The van der Waals surface area contributed by atoms with Crippen LogP contribution >= 0.6 is 0 Å². The Hall–Kier alpha value is -2.68. The molecule has 24 heavy (non-hydrogen) atoms. The van der Waals surface area contributed by atoms with Crippen LogP contribution in [0.25, 0.3) is 0 Å². The Balaban J connectivity index is 2.03. The fourth-order valence-electron chi connectivity index (χ4n) is 2.20. The molecule has 0 spiro atoms. The molecular formula is C15H18N2O7. The Kier molecular flexibility index (Phi) is 5.69. The van der Waals surface area contributed by atoms with E-state index in [-0.39, 0.29) is 17.1 Å². The van der Waals surface area contributed by atoms with Gasteiger partial charge in [-0.15, -0.1) is 0 Å². The third-order valence-corrected chi connectivity index (χ3v) is 3.51. The van der Waals surface area contributed by atoms with Gasteiger partial charge in [0.1, 0.15) is 11.4 Å². The number of hydrogen-bond acceptors (Lipinski definition) is 7. The van der Waals surface area contributed by atoms with E-state index in [2.05, 4.69) is 5.32 Å². The first kappa shape index (κ1) is 17.7. The van der Waals surface area contributed by atoms with Crippen LogP contribution in [0.5, 0.6) is 5.75 Å². The average Bonchev–Trinajstić information content (AvgIpc) is 3.09. The van der Waals surface area contributed by atoms with Crippen molar-refractivity contribution in [2.24, 2.45) is 0 Å². The predicted octanol–water partition coefficient (Wildman–Crippen LogP) is 1.65. The van der Waals surface area contributed by atoms with Gasteiger partial charge in [-0.25, -0.2) is 4.79 Å². The molecule has 130 valence electrons. The molecule has 0 aliphatic carbocycles. The van der Waals surface area contributed by atoms with Crippen LogP contribution in [0.15, 0.2) is 18.2 Å². The van der Waals surface area contributed by atoms with Gasteiger partial charge in [-0.05, 0) is 31.9 Å². The topological polar surface area (TPSA) is 117 Å². The predicted molar refractivity (Wildman–Crippen MR) is 82.8 cm³/mol. The molecule has 1 aromatic rings. The van der Waals surface area contributed by atoms with Crippen LogP contribution in [0, 0.1) is 10.1 Å². The zero-order chi connectivity index (χ0) is 17.7. The van der Waals surface area contributed by atoms with E-state index in [1.54, 1.807) is 0 Å². The van der Waals surface area contributed by atoms with E-state index in [0.717, 1.165) is 6.42 Å². The summed E-state index contributed by atoms with van der Waals surface area (Å²) >= 11 is 0. The first-order valence-electron chi connectivity index (χ1n) is 7.37. The maximum Gasteiger partial charge on any atom is 0.336 e. The molecule has 0 unspecified atom stereocenters. The fourth-order valence-corrected chi connectivity index (χ4v) is 2.20. The molecule has 1 fully saturated rings. The molecule has 9 heteroatoms. The monoisotopic (exact) mass is 338 g/mol. The number of hydrogen-bond donors (Lipinski definition) is 1. The van der Waals surface area contributed by atoms with Crippen LogP contribution in [0.2, 0.25) is 0 Å². The van der Waals surface area contributed by atoms with Crippen molar-refractivity contribution >= 4 is 23.3 Å². The second-order valence-electron chi connectivity index (χ2n) is 5.21. The molecule has 9 nitrogen and oxygen atoms in total. The summed E-state index contributed by atoms with van der Waals surface area (Å²) in [7, 11) is 1.38. The number of esters is 1. The number of carbonyl (C=O) groups excluding carboxylic acids is 2. The minimum atomic E-state index is -1.11. The summed E-state index contributed by atoms with van der Waals surface area (Å²) < 4.78 is 15.1. The van der Waals surface area contributed by atoms with E-state index in [4.69, 9.17) is 14.2 Å². The molecule has 1 amide bonds. The van der Waals surface area contributed by atoms with Gasteiger partial charge in [-0.1, -0.05) is 0 Å². The summed E-state index contributed by atoms with van der Waals surface area (Å²) in [6.07, 6.45) is -0.450. The highest BCUT2D eigenvalue weighted by Gasteiger charge is 2.29. The molecular weight excluding hydrogens is 320 g/mol. The number of methoxy groups -OCH3 is 1. The Morgan fingerprint density at radius 3 is 2.79 bits per heavy atom. The molecule has 1 aromatic carbocycles. The maximum atomic E-state index is 12.1. The van der Waals surface area contributed by atoms with Gasteiger partial charge >= 0.3 is 5.97 Å². The van der Waals surface area contributed by atoms with E-state index in [1.807, 2.05) is 0 Å². The largest absolute Gasteiger partial charge is 0.496 e. The molecule has 1 heterocycles. The first-order valence-corrected chi connectivity index (χ1v) is 7.37. The quantitative estimate of drug-likeness (QED) is 0.476. The zero-order valence-electron chi connectivity index (χ0n) is 13.3. The molecule has 2 atom stereocenters. The fraction of sp³-hybridized carbons (Fsp3) is 0.467. The number of anilines is 1. The van der Waals surface area contributed by atoms with Crippen LogP contribution in [0.4, 0.5) is 11.4 Å². The minimum absolute atomic E-state index is 0.00850. The van der Waals surface area contributed by atoms with Gasteiger partial charge in [0.05, 0.1) is 18.1 Å². The SMILES string of the molecule is COc1ccc(NC(=O)[C@@H](C)OC(=O)[C@H]2CCCO2)c([N+](=O)[O-])c1. The van der Waals surface area contributed by atoms with Crippen LogP contribution in [-0.4, -0.2) is 42.7 Å². The number of nitrogens with one attached hydrogen (secondary N) is 1. The molecule has 2 rings (SSSR count). The molecule has 0 saturated carbocycles. The van der Waals surface area contributed by atoms with Crippen molar-refractivity contribution in [3.63, 3.8) is 0 Å². The maximum absolute atomic E-state index is 12.1. The summed E-state index contributed by atoms with van der Waals surface area (Å²) in [5, 5.41) is 13.5. The van der Waals surface area contributed by atoms with Crippen molar-refractivity contribution in [2.75, 3.05) is 19.0 Å². The van der Waals surface area contributed by atoms with E-state index < -0.39 is 29.0 Å². The van der Waals surface area contributed by atoms with E-state index >= 15 is 0 Å². The van der Waals surface area contributed by atoms with E-state index in [1.165, 1.54) is 32.2 Å². The highest BCUT2D eigenvalue weighted by atomic mass is 16.6. The number of carbonyl (C=O) groups is 2. The van der Waals surface area contributed by atoms with Gasteiger partial charge in [0.2, 0.25) is 0 Å². The van der Waals surface area contributed by atoms with Crippen LogP contribution in [-0.2, 0) is 19.1 Å². The minimum Gasteiger partial charge on any atom is -0.496 e. The molecule has 1 N–H and O–H groups in total. The molecule has 1 aliphatic rings. The summed E-state index contributed by atoms with van der Waals surface area (Å²) in [4.78, 5) is 34.4. The van der Waals surface area contributed by atoms with E-state index in [0.29, 0.717) is 13.0 Å². The van der Waals surface area contributed by atoms with Gasteiger partial charge in [-0.2, -0.15) is 0 Å². The summed E-state index contributed by atoms with van der Waals surface area (Å²) in [6.45, 7) is 1.87. The summed E-state index contributed by atoms with van der Waals surface area (Å²) in [5.74, 6) is -0.994. The summed E-state index contributed by atoms with van der Waals surface area (Å²) in [5.41, 5.74) is -0.328. The number of amides is 1. The lowest BCUT2D eigenvalue weighted by molar-refractivity contribution is -0.384. The number of ether oxygens (including phenoxy) is 3. The number of nitro benzene ring substituents is 1. The number of nitrogens with zero attached hydrogens (tertiary/aromatic N) is 1. The average molecular weight is 338 g/mol. The Labute approximate surface area is 138 Å². The smallest absolute Gasteiger partial charge is 0.336 e. The normalized spacial score (nSPS) is 17.8. The van der Waals surface area contributed by atoms with Crippen molar-refractivity contribution in [2.45, 2.75) is 32.0 Å². The van der Waals surface area contributed by atoms with Gasteiger partial charge in [0.15, 0.2) is 12.2 Å². The zero-order valence-corrected chi connectivity index (χ0v) is 13.3. The van der Waals surface area contributed by atoms with Crippen molar-refractivity contribution in [1.82, 2.24) is 0 Å². The van der Waals surface area contributed by atoms with Crippen LogP contribution < -0.4 is 10.1 Å². The number of benzene rings is 1. The highest BCUT2D eigenvalue weighted by molar-refractivity contribution is 5.97. The van der Waals surface area contributed by atoms with Crippen molar-refractivity contribution in [3.05, 3.63) is 28.3 Å². The van der Waals surface area contributed by atoms with Crippen molar-refractivity contribution in [1.29, 1.82) is 0 Å². The van der Waals surface area contributed by atoms with Crippen molar-refractivity contribution in [3.8, 4) is 5.75 Å². The molecule has 1 saturated heterocycles. The van der Waals surface area contributed by atoms with Gasteiger partial charge < -0.3 is 19.5 Å². The van der Waals surface area contributed by atoms with Crippen molar-refractivity contribution < 1.29 is 28.7 Å². The second kappa shape index (κ2) is 7.73. The molecule has 0 bridgehead atoms. The van der Waals surface area contributed by atoms with Crippen LogP contribution in [0.3, 0.4) is 0 Å². The summed E-state index contributed by atoms with van der Waals surface area (Å²) in [6, 6.07) is 4.02. The number of rotatable bonds is 6. The Bertz CT molecular complexity index is 641. The lowest BCUT2D eigenvalue weighted by Crippen LogP contribution is -2.34. The molecule has 0 radical (unpaired) electrons. The lowest BCUT2D eigenvalue weighted by Gasteiger charge is -2.16. The Morgan fingerprint density at radius 2 is 2.21 bits per heavy atom. The van der Waals surface area contributed by atoms with Gasteiger partial charge in [-0.3, -0.25) is 14.9 Å². The van der Waals surface area contributed by atoms with Crippen LogP contribution in [0.1, 0.15) is 19.8 Å².